The minimum atomic E-state index is -4.35. The molecule has 0 N–H and O–H groups in total. The fourth-order valence-electron chi connectivity index (χ4n) is 8.60. The maximum Gasteiger partial charge on any atom is 0.303 e. The van der Waals surface area contributed by atoms with Crippen LogP contribution in [-0.4, -0.2) is 69.0 Å². The number of methoxy groups -OCH3 is 1. The first-order valence-electron chi connectivity index (χ1n) is 16.4. The molecule has 0 unspecified atom stereocenters. The van der Waals surface area contributed by atoms with E-state index in [2.05, 4.69) is 6.58 Å². The highest BCUT2D eigenvalue weighted by molar-refractivity contribution is 7.92. The second-order valence-corrected chi connectivity index (χ2v) is 16.3. The van der Waals surface area contributed by atoms with E-state index in [0.717, 1.165) is 5.56 Å². The van der Waals surface area contributed by atoms with Gasteiger partial charge in [-0.2, -0.15) is 0 Å². The molecule has 1 heterocycles. The largest absolute Gasteiger partial charge is 0.497 e. The number of hydrogen-bond donors (Lipinski definition) is 0. The summed E-state index contributed by atoms with van der Waals surface area (Å²) in [5.41, 5.74) is -2.69. The summed E-state index contributed by atoms with van der Waals surface area (Å²) in [6, 6.07) is 15.5. The number of sulfone groups is 1. The van der Waals surface area contributed by atoms with Gasteiger partial charge in [-0.05, 0) is 74.3 Å². The normalized spacial score (nSPS) is 29.1. The quantitative estimate of drug-likeness (QED) is 0.188. The van der Waals surface area contributed by atoms with Crippen LogP contribution >= 0.6 is 0 Å². The highest BCUT2D eigenvalue weighted by atomic mass is 32.2. The Morgan fingerprint density at radius 3 is 2.21 bits per heavy atom. The molecule has 11 heteroatoms. The van der Waals surface area contributed by atoms with E-state index in [-0.39, 0.29) is 24.0 Å². The summed E-state index contributed by atoms with van der Waals surface area (Å²) >= 11 is 0. The summed E-state index contributed by atoms with van der Waals surface area (Å²) in [7, 11) is -2.77. The Bertz CT molecular complexity index is 1600. The van der Waals surface area contributed by atoms with Gasteiger partial charge in [0.05, 0.1) is 25.2 Å². The molecule has 3 aliphatic rings. The third-order valence-electron chi connectivity index (χ3n) is 10.8. The molecule has 48 heavy (non-hydrogen) atoms. The van der Waals surface area contributed by atoms with Crippen molar-refractivity contribution in [3.63, 3.8) is 0 Å². The number of esters is 2. The van der Waals surface area contributed by atoms with Crippen LogP contribution in [0.1, 0.15) is 66.4 Å². The van der Waals surface area contributed by atoms with E-state index in [1.807, 2.05) is 38.1 Å². The van der Waals surface area contributed by atoms with Gasteiger partial charge in [-0.25, -0.2) is 8.42 Å². The van der Waals surface area contributed by atoms with Crippen LogP contribution in [0.3, 0.4) is 0 Å². The van der Waals surface area contributed by atoms with E-state index in [1.165, 1.54) is 32.1 Å². The van der Waals surface area contributed by atoms with Gasteiger partial charge in [-0.3, -0.25) is 9.59 Å². The Labute approximate surface area is 284 Å². The van der Waals surface area contributed by atoms with Crippen LogP contribution in [-0.2, 0) is 49.7 Å². The second-order valence-electron chi connectivity index (χ2n) is 14.2. The molecule has 5 rings (SSSR count). The van der Waals surface area contributed by atoms with E-state index >= 15 is 8.42 Å². The molecule has 2 aromatic rings. The number of carbonyl (C=O) groups excluding carboxylic acids is 2. The predicted octanol–water partition coefficient (Wildman–Crippen LogP) is 5.82. The first-order valence-corrected chi connectivity index (χ1v) is 17.9. The topological polar surface area (TPSA) is 124 Å². The van der Waals surface area contributed by atoms with Crippen molar-refractivity contribution in [1.29, 1.82) is 0 Å². The number of carbonyl (C=O) groups is 2. The minimum Gasteiger partial charge on any atom is -0.497 e. The van der Waals surface area contributed by atoms with Gasteiger partial charge in [0.1, 0.15) is 23.2 Å². The van der Waals surface area contributed by atoms with Crippen molar-refractivity contribution < 1.29 is 46.4 Å². The molecule has 2 aliphatic carbocycles. The lowest BCUT2D eigenvalue weighted by atomic mass is 9.63. The van der Waals surface area contributed by atoms with Crippen LogP contribution < -0.4 is 4.74 Å². The molecule has 10 nitrogen and oxygen atoms in total. The van der Waals surface area contributed by atoms with Crippen molar-refractivity contribution >= 4 is 21.8 Å². The van der Waals surface area contributed by atoms with Gasteiger partial charge in [-0.1, -0.05) is 50.3 Å². The van der Waals surface area contributed by atoms with Gasteiger partial charge in [0, 0.05) is 19.3 Å². The van der Waals surface area contributed by atoms with Crippen LogP contribution in [0.5, 0.6) is 5.75 Å². The third kappa shape index (κ3) is 6.19. The fourth-order valence-corrected chi connectivity index (χ4v) is 11.2. The van der Waals surface area contributed by atoms with E-state index in [0.29, 0.717) is 25.0 Å². The lowest BCUT2D eigenvalue weighted by molar-refractivity contribution is -0.230. The fraction of sp³-hybridized carbons (Fsp3) is 0.568. The molecule has 2 bridgehead atoms. The molecular formula is C37H48O10S. The van der Waals surface area contributed by atoms with E-state index in [1.54, 1.807) is 39.2 Å². The lowest BCUT2D eigenvalue weighted by Gasteiger charge is -2.52. The summed E-state index contributed by atoms with van der Waals surface area (Å²) < 4.78 is 67.7. The van der Waals surface area contributed by atoms with Crippen LogP contribution in [0.25, 0.3) is 0 Å². The van der Waals surface area contributed by atoms with Gasteiger partial charge in [0.25, 0.3) is 0 Å². The van der Waals surface area contributed by atoms with Crippen molar-refractivity contribution in [2.75, 3.05) is 13.7 Å². The molecule has 3 fully saturated rings. The first-order chi connectivity index (χ1) is 22.5. The van der Waals surface area contributed by atoms with Gasteiger partial charge in [0.15, 0.2) is 27.3 Å². The number of rotatable bonds is 13. The standard InChI is InChI=1S/C37H48O10S/c1-9-30(43-22-26-15-17-28(42-8)18-16-26)37(23-44-35(6,7)47-37)32(46-25(3)39)33(48(40,41)29-13-11-10-12-14-29)36-20-19-27(34(36,4)5)21-31(36)45-24(2)38/h9-18,27,30-33H,1,19-23H2,2-8H3/t27-,30+,31+,32+,33-,36+,37-/m0/s1. The Kier molecular flexibility index (Phi) is 9.93. The predicted molar refractivity (Wildman–Crippen MR) is 178 cm³/mol. The first kappa shape index (κ1) is 36.0. The summed E-state index contributed by atoms with van der Waals surface area (Å²) in [6.07, 6.45) is -0.0973. The maximum atomic E-state index is 15.3. The Morgan fingerprint density at radius 1 is 1.02 bits per heavy atom. The van der Waals surface area contributed by atoms with E-state index in [9.17, 15) is 9.59 Å². The Hall–Kier alpha value is -3.25. The van der Waals surface area contributed by atoms with Crippen molar-refractivity contribution in [1.82, 2.24) is 0 Å². The average molecular weight is 685 g/mol. The summed E-state index contributed by atoms with van der Waals surface area (Å²) in [5.74, 6) is -1.68. The van der Waals surface area contributed by atoms with Crippen LogP contribution in [0.15, 0.2) is 72.1 Å². The summed E-state index contributed by atoms with van der Waals surface area (Å²) in [4.78, 5) is 25.8. The van der Waals surface area contributed by atoms with Gasteiger partial charge >= 0.3 is 11.9 Å². The highest BCUT2D eigenvalue weighted by Crippen LogP contribution is 2.70. The molecule has 2 saturated carbocycles. The lowest BCUT2D eigenvalue weighted by Crippen LogP contribution is -2.68. The maximum absolute atomic E-state index is 15.3. The Morgan fingerprint density at radius 2 is 1.69 bits per heavy atom. The van der Waals surface area contributed by atoms with E-state index in [4.69, 9.17) is 28.4 Å². The van der Waals surface area contributed by atoms with Crippen LogP contribution in [0, 0.1) is 16.7 Å². The van der Waals surface area contributed by atoms with Crippen molar-refractivity contribution in [2.24, 2.45) is 16.7 Å². The average Bonchev–Trinajstić information content (AvgIpc) is 3.57. The van der Waals surface area contributed by atoms with Gasteiger partial charge in [-0.15, -0.1) is 6.58 Å². The van der Waals surface area contributed by atoms with Gasteiger partial charge in [0.2, 0.25) is 0 Å². The SMILES string of the molecule is C=C[C@@H](OCc1ccc(OC)cc1)[C@]1([C@H](OC(C)=O)[C@@H]([C@@]23CC[C@@H](C[C@H]2OC(C)=O)C3(C)C)S(=O)(=O)c2ccccc2)COC(C)(C)O1. The monoisotopic (exact) mass is 684 g/mol. The van der Waals surface area contributed by atoms with Crippen LogP contribution in [0.2, 0.25) is 0 Å². The third-order valence-corrected chi connectivity index (χ3v) is 13.1. The van der Waals surface area contributed by atoms with Crippen molar-refractivity contribution in [3.8, 4) is 5.75 Å². The molecule has 7 atom stereocenters. The zero-order valence-corrected chi connectivity index (χ0v) is 29.7. The molecule has 1 saturated heterocycles. The number of hydrogen-bond acceptors (Lipinski definition) is 10. The number of fused-ring (bicyclic) bond motifs is 2. The molecule has 1 aliphatic heterocycles. The van der Waals surface area contributed by atoms with Crippen molar-refractivity contribution in [3.05, 3.63) is 72.8 Å². The summed E-state index contributed by atoms with van der Waals surface area (Å²) in [5, 5.41) is -1.44. The zero-order chi connectivity index (χ0) is 35.1. The van der Waals surface area contributed by atoms with Crippen molar-refractivity contribution in [2.45, 2.75) is 107 Å². The smallest absolute Gasteiger partial charge is 0.303 e. The summed E-state index contributed by atoms with van der Waals surface area (Å²) in [6.45, 7) is 14.1. The Balaban J connectivity index is 1.74. The highest BCUT2D eigenvalue weighted by Gasteiger charge is 2.75. The molecule has 0 amide bonds. The zero-order valence-electron chi connectivity index (χ0n) is 28.9. The molecule has 262 valence electrons. The number of ether oxygens (including phenoxy) is 6. The molecular weight excluding hydrogens is 636 g/mol. The number of benzene rings is 2. The van der Waals surface area contributed by atoms with Gasteiger partial charge < -0.3 is 28.4 Å². The van der Waals surface area contributed by atoms with Crippen LogP contribution in [0.4, 0.5) is 0 Å². The molecule has 2 aromatic carbocycles. The second kappa shape index (κ2) is 13.2. The minimum absolute atomic E-state index is 0.0527. The molecule has 0 radical (unpaired) electrons. The molecule has 0 aromatic heterocycles. The molecule has 0 spiro atoms. The van der Waals surface area contributed by atoms with E-state index < -0.39 is 67.6 Å².